The van der Waals surface area contributed by atoms with Crippen molar-refractivity contribution in [3.8, 4) is 0 Å². The van der Waals surface area contributed by atoms with Crippen molar-refractivity contribution in [2.45, 2.75) is 67.7 Å². The third-order valence-electron chi connectivity index (χ3n) is 7.31. The Hall–Kier alpha value is -1.58. The van der Waals surface area contributed by atoms with Gasteiger partial charge in [0.25, 0.3) is 5.91 Å². The highest BCUT2D eigenvalue weighted by atomic mass is 32.2. The zero-order valence-corrected chi connectivity index (χ0v) is 17.3. The van der Waals surface area contributed by atoms with Crippen molar-refractivity contribution in [1.29, 1.82) is 0 Å². The molecule has 1 amide bonds. The predicted octanol–water partition coefficient (Wildman–Crippen LogP) is 1.49. The summed E-state index contributed by atoms with van der Waals surface area (Å²) in [5.74, 6) is 0.101. The van der Waals surface area contributed by atoms with Crippen LogP contribution in [-0.2, 0) is 14.6 Å². The van der Waals surface area contributed by atoms with Crippen molar-refractivity contribution in [1.82, 2.24) is 9.97 Å². The molecule has 1 aliphatic heterocycles. The van der Waals surface area contributed by atoms with Crippen LogP contribution in [0.1, 0.15) is 78.7 Å². The molecule has 1 saturated heterocycles. The first kappa shape index (κ1) is 19.4. The lowest BCUT2D eigenvalue weighted by molar-refractivity contribution is -0.135. The van der Waals surface area contributed by atoms with E-state index in [0.29, 0.717) is 43.2 Å². The zero-order chi connectivity index (χ0) is 20.6. The second-order valence-electron chi connectivity index (χ2n) is 9.51. The quantitative estimate of drug-likeness (QED) is 0.704. The second kappa shape index (κ2) is 6.46. The van der Waals surface area contributed by atoms with Gasteiger partial charge in [-0.1, -0.05) is 0 Å². The first-order valence-corrected chi connectivity index (χ1v) is 12.3. The molecule has 0 spiro atoms. The minimum absolute atomic E-state index is 0.0852. The van der Waals surface area contributed by atoms with Crippen LogP contribution in [0, 0.1) is 17.8 Å². The number of aliphatic hydroxyl groups is 1. The molecule has 1 aromatic heterocycles. The Labute approximate surface area is 170 Å². The Kier molecular flexibility index (Phi) is 4.32. The van der Waals surface area contributed by atoms with Crippen LogP contribution >= 0.6 is 0 Å². The maximum absolute atomic E-state index is 12.5. The van der Waals surface area contributed by atoms with Crippen LogP contribution in [0.4, 0.5) is 0 Å². The smallest absolute Gasteiger partial charge is 0.252 e. The summed E-state index contributed by atoms with van der Waals surface area (Å²) in [6.45, 7) is 0.541. The largest absolute Gasteiger partial charge is 0.390 e. The third-order valence-corrected chi connectivity index (χ3v) is 8.16. The van der Waals surface area contributed by atoms with Crippen LogP contribution in [-0.4, -0.2) is 47.9 Å². The Bertz CT molecular complexity index is 957. The number of aromatic nitrogens is 2. The van der Waals surface area contributed by atoms with Crippen molar-refractivity contribution in [2.75, 3.05) is 12.9 Å². The molecule has 5 aliphatic rings. The minimum Gasteiger partial charge on any atom is -0.390 e. The average Bonchev–Trinajstić information content (AvgIpc) is 3.12. The number of primary amides is 1. The van der Waals surface area contributed by atoms with E-state index in [1.54, 1.807) is 0 Å². The predicted molar refractivity (Wildman–Crippen MR) is 103 cm³/mol. The summed E-state index contributed by atoms with van der Waals surface area (Å²) in [4.78, 5) is 21.2. The first-order valence-electron chi connectivity index (χ1n) is 10.4. The fraction of sp³-hybridized carbons (Fsp3) is 0.750. The highest BCUT2D eigenvalue weighted by Gasteiger charge is 2.56. The van der Waals surface area contributed by atoms with Gasteiger partial charge in [0.1, 0.15) is 6.10 Å². The molecule has 0 radical (unpaired) electrons. The number of nitrogens with two attached hydrogens (primary N) is 1. The van der Waals surface area contributed by atoms with Crippen molar-refractivity contribution >= 4 is 15.7 Å². The van der Waals surface area contributed by atoms with E-state index in [9.17, 15) is 18.3 Å². The van der Waals surface area contributed by atoms with Gasteiger partial charge in [-0.15, -0.1) is 0 Å². The SMILES string of the molecule is CS(=O)(=O)c1nc(C2C3CC4CC2CC(O)(C4)C3)c(C(N)=O)c([C@H]2CCCO2)n1. The molecule has 3 atom stereocenters. The van der Waals surface area contributed by atoms with Crippen molar-refractivity contribution in [3.63, 3.8) is 0 Å². The van der Waals surface area contributed by atoms with Crippen LogP contribution < -0.4 is 5.73 Å². The van der Waals surface area contributed by atoms with Gasteiger partial charge >= 0.3 is 0 Å². The Morgan fingerprint density at radius 1 is 1.17 bits per heavy atom. The molecule has 2 heterocycles. The molecule has 29 heavy (non-hydrogen) atoms. The molecule has 158 valence electrons. The second-order valence-corrected chi connectivity index (χ2v) is 11.4. The van der Waals surface area contributed by atoms with Crippen LogP contribution in [0.2, 0.25) is 0 Å². The number of hydrogen-bond acceptors (Lipinski definition) is 7. The highest BCUT2D eigenvalue weighted by Crippen LogP contribution is 2.61. The topological polar surface area (TPSA) is 132 Å². The van der Waals surface area contributed by atoms with E-state index in [2.05, 4.69) is 9.97 Å². The van der Waals surface area contributed by atoms with Crippen LogP contribution in [0.25, 0.3) is 0 Å². The monoisotopic (exact) mass is 421 g/mol. The maximum atomic E-state index is 12.5. The van der Waals surface area contributed by atoms with E-state index in [4.69, 9.17) is 10.5 Å². The number of hydrogen-bond donors (Lipinski definition) is 2. The molecule has 0 aromatic carbocycles. The van der Waals surface area contributed by atoms with Crippen LogP contribution in [0.5, 0.6) is 0 Å². The fourth-order valence-corrected chi connectivity index (χ4v) is 7.12. The number of ether oxygens (including phenoxy) is 1. The van der Waals surface area contributed by atoms with Gasteiger partial charge in [0.15, 0.2) is 0 Å². The van der Waals surface area contributed by atoms with Gasteiger partial charge in [-0.25, -0.2) is 18.4 Å². The summed E-state index contributed by atoms with van der Waals surface area (Å²) in [5.41, 5.74) is 6.15. The molecule has 2 unspecified atom stereocenters. The van der Waals surface area contributed by atoms with Crippen molar-refractivity contribution in [2.24, 2.45) is 23.5 Å². The summed E-state index contributed by atoms with van der Waals surface area (Å²) < 4.78 is 30.4. The van der Waals surface area contributed by atoms with E-state index in [1.807, 2.05) is 0 Å². The molecule has 6 rings (SSSR count). The highest BCUT2D eigenvalue weighted by molar-refractivity contribution is 7.90. The van der Waals surface area contributed by atoms with Gasteiger partial charge in [0, 0.05) is 18.8 Å². The van der Waals surface area contributed by atoms with Gasteiger partial charge < -0.3 is 15.6 Å². The molecule has 9 heteroatoms. The summed E-state index contributed by atoms with van der Waals surface area (Å²) in [6, 6.07) is 0. The molecular formula is C20H27N3O5S. The van der Waals surface area contributed by atoms with E-state index in [0.717, 1.165) is 31.9 Å². The number of carbonyl (C=O) groups is 1. The average molecular weight is 422 g/mol. The van der Waals surface area contributed by atoms with Gasteiger partial charge in [0.05, 0.1) is 22.6 Å². The number of nitrogens with zero attached hydrogens (tertiary/aromatic N) is 2. The molecule has 8 nitrogen and oxygen atoms in total. The number of rotatable bonds is 4. The lowest BCUT2D eigenvalue weighted by Crippen LogP contribution is -2.54. The summed E-state index contributed by atoms with van der Waals surface area (Å²) in [7, 11) is -3.68. The number of sulfone groups is 1. The summed E-state index contributed by atoms with van der Waals surface area (Å²) >= 11 is 0. The van der Waals surface area contributed by atoms with E-state index in [-0.39, 0.29) is 28.5 Å². The molecule has 4 aliphatic carbocycles. The fourth-order valence-electron chi connectivity index (χ4n) is 6.59. The van der Waals surface area contributed by atoms with E-state index >= 15 is 0 Å². The van der Waals surface area contributed by atoms with Gasteiger partial charge in [-0.3, -0.25) is 4.79 Å². The third kappa shape index (κ3) is 3.18. The van der Waals surface area contributed by atoms with Crippen LogP contribution in [0.3, 0.4) is 0 Å². The molecule has 5 fully saturated rings. The molecule has 4 saturated carbocycles. The first-order chi connectivity index (χ1) is 13.6. The lowest BCUT2D eigenvalue weighted by atomic mass is 9.49. The standard InChI is InChI=1S/C20H27N3O5S/c1-29(26,27)19-22-16(13-3-2-4-28-13)15(18(21)24)17(23-19)14-11-5-10-6-12(14)9-20(25,7-10)8-11/h10-14,25H,2-9H2,1H3,(H2,21,24)/t10?,11?,12?,13-,14?,20?/m1/s1. The van der Waals surface area contributed by atoms with Gasteiger partial charge in [0.2, 0.25) is 15.0 Å². The number of carbonyl (C=O) groups excluding carboxylic acids is 1. The van der Waals surface area contributed by atoms with Gasteiger partial charge in [-0.05, 0) is 62.7 Å². The normalized spacial score (nSPS) is 38.5. The molecule has 4 bridgehead atoms. The molecule has 1 aromatic rings. The lowest BCUT2D eigenvalue weighted by Gasteiger charge is -2.58. The minimum atomic E-state index is -3.68. The molecule has 3 N–H and O–H groups in total. The van der Waals surface area contributed by atoms with Gasteiger partial charge in [-0.2, -0.15) is 0 Å². The summed E-state index contributed by atoms with van der Waals surface area (Å²) in [6.07, 6.45) is 6.22. The molecular weight excluding hydrogens is 394 g/mol. The maximum Gasteiger partial charge on any atom is 0.252 e. The van der Waals surface area contributed by atoms with E-state index < -0.39 is 27.4 Å². The van der Waals surface area contributed by atoms with Crippen molar-refractivity contribution < 1.29 is 23.1 Å². The van der Waals surface area contributed by atoms with E-state index in [1.165, 1.54) is 0 Å². The van der Waals surface area contributed by atoms with Crippen LogP contribution in [0.15, 0.2) is 5.16 Å². The Morgan fingerprint density at radius 3 is 2.34 bits per heavy atom. The zero-order valence-electron chi connectivity index (χ0n) is 16.5. The Balaban J connectivity index is 1.69. The number of amides is 1. The van der Waals surface area contributed by atoms with Crippen molar-refractivity contribution in [3.05, 3.63) is 17.0 Å². The summed E-state index contributed by atoms with van der Waals surface area (Å²) in [5, 5.41) is 10.6. The Morgan fingerprint density at radius 2 is 1.83 bits per heavy atom.